The molecule has 19 heavy (non-hydrogen) atoms. The molecule has 0 spiro atoms. The molecule has 0 aliphatic heterocycles. The second kappa shape index (κ2) is 5.49. The molecule has 1 atom stereocenters. The zero-order valence-electron chi connectivity index (χ0n) is 12.2. The molecule has 0 bridgehead atoms. The van der Waals surface area contributed by atoms with Crippen LogP contribution in [0, 0.1) is 20.8 Å². The molecule has 1 aromatic carbocycles. The predicted octanol–water partition coefficient (Wildman–Crippen LogP) is 3.52. The van der Waals surface area contributed by atoms with E-state index in [-0.39, 0.29) is 6.04 Å². The van der Waals surface area contributed by atoms with Gasteiger partial charge in [0.2, 0.25) is 0 Å². The van der Waals surface area contributed by atoms with Crippen LogP contribution < -0.4 is 10.1 Å². The summed E-state index contributed by atoms with van der Waals surface area (Å²) in [5, 5.41) is 3.37. The molecule has 3 heteroatoms. The van der Waals surface area contributed by atoms with Crippen LogP contribution in [0.3, 0.4) is 0 Å². The van der Waals surface area contributed by atoms with Crippen LogP contribution in [0.5, 0.6) is 5.75 Å². The minimum atomic E-state index is 0.142. The molecule has 0 saturated carbocycles. The summed E-state index contributed by atoms with van der Waals surface area (Å²) in [6.45, 7) is 6.13. The molecule has 1 heterocycles. The molecular formula is C16H21NO2. The fourth-order valence-corrected chi connectivity index (χ4v) is 2.51. The molecular weight excluding hydrogens is 238 g/mol. The summed E-state index contributed by atoms with van der Waals surface area (Å²) in [7, 11) is 3.65. The third-order valence-corrected chi connectivity index (χ3v) is 3.64. The molecule has 1 aromatic heterocycles. The van der Waals surface area contributed by atoms with E-state index >= 15 is 0 Å². The normalized spacial score (nSPS) is 12.5. The Hall–Kier alpha value is -1.74. The molecule has 102 valence electrons. The Morgan fingerprint density at radius 3 is 2.11 bits per heavy atom. The van der Waals surface area contributed by atoms with E-state index < -0.39 is 0 Å². The molecule has 0 fully saturated rings. The second-order valence-electron chi connectivity index (χ2n) is 4.75. The summed E-state index contributed by atoms with van der Waals surface area (Å²) < 4.78 is 10.9. The number of hydrogen-bond acceptors (Lipinski definition) is 3. The van der Waals surface area contributed by atoms with Crippen LogP contribution >= 0.6 is 0 Å². The maximum Gasteiger partial charge on any atom is 0.118 e. The Bertz CT molecular complexity index is 555. The first-order valence-corrected chi connectivity index (χ1v) is 6.46. The number of benzene rings is 1. The zero-order valence-corrected chi connectivity index (χ0v) is 12.2. The topological polar surface area (TPSA) is 34.4 Å². The van der Waals surface area contributed by atoms with Crippen molar-refractivity contribution < 1.29 is 9.15 Å². The minimum Gasteiger partial charge on any atom is -0.497 e. The van der Waals surface area contributed by atoms with E-state index in [0.717, 1.165) is 17.3 Å². The number of furan rings is 1. The highest BCUT2D eigenvalue weighted by molar-refractivity contribution is 5.41. The average molecular weight is 259 g/mol. The molecule has 0 radical (unpaired) electrons. The lowest BCUT2D eigenvalue weighted by Crippen LogP contribution is -2.18. The van der Waals surface area contributed by atoms with Gasteiger partial charge in [0.1, 0.15) is 17.3 Å². The van der Waals surface area contributed by atoms with E-state index in [1.165, 1.54) is 16.7 Å². The van der Waals surface area contributed by atoms with Gasteiger partial charge in [-0.05, 0) is 51.1 Å². The number of ether oxygens (including phenoxy) is 1. The van der Waals surface area contributed by atoms with Gasteiger partial charge in [-0.2, -0.15) is 0 Å². The molecule has 2 aromatic rings. The predicted molar refractivity (Wildman–Crippen MR) is 76.8 cm³/mol. The summed E-state index contributed by atoms with van der Waals surface area (Å²) in [6, 6.07) is 8.28. The van der Waals surface area contributed by atoms with Gasteiger partial charge >= 0.3 is 0 Å². The smallest absolute Gasteiger partial charge is 0.118 e. The van der Waals surface area contributed by atoms with Crippen molar-refractivity contribution in [3.63, 3.8) is 0 Å². The first kappa shape index (κ1) is 13.7. The Labute approximate surface area is 114 Å². The van der Waals surface area contributed by atoms with Gasteiger partial charge in [0, 0.05) is 5.56 Å². The Morgan fingerprint density at radius 1 is 1.05 bits per heavy atom. The number of nitrogens with one attached hydrogen (secondary N) is 1. The van der Waals surface area contributed by atoms with E-state index in [4.69, 9.17) is 9.15 Å². The van der Waals surface area contributed by atoms with Crippen LogP contribution in [0.15, 0.2) is 28.7 Å². The molecule has 1 unspecified atom stereocenters. The van der Waals surface area contributed by atoms with Gasteiger partial charge in [0.05, 0.1) is 13.2 Å². The average Bonchev–Trinajstić information content (AvgIpc) is 2.67. The van der Waals surface area contributed by atoms with E-state index in [1.807, 2.05) is 33.0 Å². The van der Waals surface area contributed by atoms with Crippen molar-refractivity contribution in [1.29, 1.82) is 0 Å². The standard InChI is InChI=1S/C16H21NO2/c1-10-11(2)19-12(3)15(10)16(17-4)13-6-8-14(18-5)9-7-13/h6-9,16-17H,1-5H3. The second-order valence-corrected chi connectivity index (χ2v) is 4.75. The number of aryl methyl sites for hydroxylation is 2. The summed E-state index contributed by atoms with van der Waals surface area (Å²) >= 11 is 0. The third-order valence-electron chi connectivity index (χ3n) is 3.64. The monoisotopic (exact) mass is 259 g/mol. The van der Waals surface area contributed by atoms with Gasteiger partial charge in [-0.25, -0.2) is 0 Å². The minimum absolute atomic E-state index is 0.142. The lowest BCUT2D eigenvalue weighted by molar-refractivity contribution is 0.414. The fraction of sp³-hybridized carbons (Fsp3) is 0.375. The summed E-state index contributed by atoms with van der Waals surface area (Å²) in [6.07, 6.45) is 0. The van der Waals surface area contributed by atoms with Crippen LogP contribution in [0.2, 0.25) is 0 Å². The van der Waals surface area contributed by atoms with E-state index in [0.29, 0.717) is 0 Å². The lowest BCUT2D eigenvalue weighted by Gasteiger charge is -2.18. The highest BCUT2D eigenvalue weighted by Crippen LogP contribution is 2.31. The van der Waals surface area contributed by atoms with Gasteiger partial charge in [-0.3, -0.25) is 0 Å². The van der Waals surface area contributed by atoms with Gasteiger partial charge in [0.25, 0.3) is 0 Å². The summed E-state index contributed by atoms with van der Waals surface area (Å²) in [5.74, 6) is 2.84. The number of rotatable bonds is 4. The van der Waals surface area contributed by atoms with E-state index in [1.54, 1.807) is 7.11 Å². The van der Waals surface area contributed by atoms with Crippen molar-refractivity contribution >= 4 is 0 Å². The Kier molecular flexibility index (Phi) is 3.96. The van der Waals surface area contributed by atoms with Crippen LogP contribution in [0.1, 0.15) is 34.3 Å². The van der Waals surface area contributed by atoms with Crippen LogP contribution in [0.25, 0.3) is 0 Å². The van der Waals surface area contributed by atoms with Crippen molar-refractivity contribution in [3.05, 3.63) is 52.5 Å². The van der Waals surface area contributed by atoms with E-state index in [9.17, 15) is 0 Å². The molecule has 1 N–H and O–H groups in total. The molecule has 0 saturated heterocycles. The molecule has 0 aliphatic carbocycles. The lowest BCUT2D eigenvalue weighted by atomic mass is 9.95. The fourth-order valence-electron chi connectivity index (χ4n) is 2.51. The van der Waals surface area contributed by atoms with Gasteiger partial charge < -0.3 is 14.5 Å². The first-order valence-electron chi connectivity index (χ1n) is 6.46. The van der Waals surface area contributed by atoms with Gasteiger partial charge in [0.15, 0.2) is 0 Å². The Balaban J connectivity index is 2.43. The number of methoxy groups -OCH3 is 1. The molecule has 3 nitrogen and oxygen atoms in total. The van der Waals surface area contributed by atoms with Crippen LogP contribution in [-0.2, 0) is 0 Å². The van der Waals surface area contributed by atoms with Crippen LogP contribution in [0.4, 0.5) is 0 Å². The SMILES string of the molecule is CNC(c1ccc(OC)cc1)c1c(C)oc(C)c1C. The molecule has 0 aliphatic rings. The first-order chi connectivity index (χ1) is 9.08. The summed E-state index contributed by atoms with van der Waals surface area (Å²) in [5.41, 5.74) is 3.65. The van der Waals surface area contributed by atoms with E-state index in [2.05, 4.69) is 24.4 Å². The van der Waals surface area contributed by atoms with Crippen molar-refractivity contribution in [2.24, 2.45) is 0 Å². The third kappa shape index (κ3) is 2.51. The van der Waals surface area contributed by atoms with Crippen molar-refractivity contribution in [2.45, 2.75) is 26.8 Å². The Morgan fingerprint density at radius 2 is 1.68 bits per heavy atom. The number of hydrogen-bond donors (Lipinski definition) is 1. The molecule has 0 amide bonds. The van der Waals surface area contributed by atoms with Gasteiger partial charge in [-0.1, -0.05) is 12.1 Å². The van der Waals surface area contributed by atoms with Crippen LogP contribution in [-0.4, -0.2) is 14.2 Å². The van der Waals surface area contributed by atoms with Gasteiger partial charge in [-0.15, -0.1) is 0 Å². The van der Waals surface area contributed by atoms with Crippen molar-refractivity contribution in [2.75, 3.05) is 14.2 Å². The highest BCUT2D eigenvalue weighted by atomic mass is 16.5. The maximum atomic E-state index is 5.73. The quantitative estimate of drug-likeness (QED) is 0.912. The van der Waals surface area contributed by atoms with Crippen molar-refractivity contribution in [1.82, 2.24) is 5.32 Å². The highest BCUT2D eigenvalue weighted by Gasteiger charge is 2.21. The van der Waals surface area contributed by atoms with Crippen molar-refractivity contribution in [3.8, 4) is 5.75 Å². The zero-order chi connectivity index (χ0) is 14.0. The summed E-state index contributed by atoms with van der Waals surface area (Å²) in [4.78, 5) is 0. The maximum absolute atomic E-state index is 5.73. The molecule has 2 rings (SSSR count). The largest absolute Gasteiger partial charge is 0.497 e.